The third-order valence-corrected chi connectivity index (χ3v) is 1.70. The van der Waals surface area contributed by atoms with E-state index in [1.807, 2.05) is 0 Å². The Hall–Kier alpha value is -1.36. The molecular formula is C9H16N2O3. The van der Waals surface area contributed by atoms with Crippen molar-refractivity contribution >= 4 is 11.9 Å². The zero-order chi connectivity index (χ0) is 11.4. The van der Waals surface area contributed by atoms with Crippen molar-refractivity contribution in [3.05, 3.63) is 12.2 Å². The molecule has 0 atom stereocenters. The molecule has 0 aromatic carbocycles. The lowest BCUT2D eigenvalue weighted by Gasteiger charge is -2.24. The number of carbonyl (C=O) groups excluding carboxylic acids is 1. The zero-order valence-corrected chi connectivity index (χ0v) is 8.46. The number of nitrogens with one attached hydrogen (secondary N) is 1. The van der Waals surface area contributed by atoms with Gasteiger partial charge in [-0.2, -0.15) is 0 Å². The first-order valence-corrected chi connectivity index (χ1v) is 4.19. The highest BCUT2D eigenvalue weighted by Crippen LogP contribution is 2.07. The van der Waals surface area contributed by atoms with Crippen LogP contribution in [0.2, 0.25) is 0 Å². The van der Waals surface area contributed by atoms with Crippen molar-refractivity contribution in [3.63, 3.8) is 0 Å². The van der Waals surface area contributed by atoms with E-state index >= 15 is 0 Å². The largest absolute Gasteiger partial charge is 0.478 e. The Morgan fingerprint density at radius 2 is 2.00 bits per heavy atom. The number of rotatable bonds is 6. The predicted molar refractivity (Wildman–Crippen MR) is 52.7 cm³/mol. The standard InChI is InChI=1S/C9H16N2O3/c1-6(8(13)14)5-11-9(2,3)4-7(10)12/h11H,1,4-5H2,2-3H3,(H2,10,12)(H,13,14). The van der Waals surface area contributed by atoms with Gasteiger partial charge in [0.2, 0.25) is 5.91 Å². The number of nitrogens with two attached hydrogens (primary N) is 1. The molecule has 0 radical (unpaired) electrons. The first-order chi connectivity index (χ1) is 6.24. The summed E-state index contributed by atoms with van der Waals surface area (Å²) in [7, 11) is 0. The summed E-state index contributed by atoms with van der Waals surface area (Å²) in [6, 6.07) is 0. The Bertz CT molecular complexity index is 259. The molecule has 0 fully saturated rings. The number of primary amides is 1. The number of carboxylic acid groups (broad SMARTS) is 1. The van der Waals surface area contributed by atoms with Crippen molar-refractivity contribution in [2.24, 2.45) is 5.73 Å². The molecule has 1 amide bonds. The predicted octanol–water partition coefficient (Wildman–Crippen LogP) is -0.129. The fourth-order valence-corrected chi connectivity index (χ4v) is 0.920. The number of hydrogen-bond acceptors (Lipinski definition) is 3. The van der Waals surface area contributed by atoms with Gasteiger partial charge < -0.3 is 16.2 Å². The molecule has 0 unspecified atom stereocenters. The van der Waals surface area contributed by atoms with E-state index in [2.05, 4.69) is 11.9 Å². The maximum absolute atomic E-state index is 10.6. The van der Waals surface area contributed by atoms with Crippen LogP contribution >= 0.6 is 0 Å². The molecule has 0 aromatic rings. The molecular weight excluding hydrogens is 184 g/mol. The molecule has 0 aromatic heterocycles. The van der Waals surface area contributed by atoms with Crippen molar-refractivity contribution in [1.29, 1.82) is 0 Å². The van der Waals surface area contributed by atoms with Gasteiger partial charge in [0.15, 0.2) is 0 Å². The third-order valence-electron chi connectivity index (χ3n) is 1.70. The van der Waals surface area contributed by atoms with E-state index in [0.29, 0.717) is 0 Å². The van der Waals surface area contributed by atoms with Crippen LogP contribution in [0.25, 0.3) is 0 Å². The number of aliphatic carboxylic acids is 1. The normalized spacial score (nSPS) is 11.0. The Morgan fingerprint density at radius 1 is 1.50 bits per heavy atom. The van der Waals surface area contributed by atoms with Crippen LogP contribution in [0.3, 0.4) is 0 Å². The van der Waals surface area contributed by atoms with E-state index in [-0.39, 0.29) is 18.5 Å². The monoisotopic (exact) mass is 200 g/mol. The smallest absolute Gasteiger partial charge is 0.332 e. The molecule has 0 aliphatic carbocycles. The summed E-state index contributed by atoms with van der Waals surface area (Å²) in [6.07, 6.45) is 0.153. The van der Waals surface area contributed by atoms with Crippen LogP contribution in [-0.4, -0.2) is 29.1 Å². The average Bonchev–Trinajstić information content (AvgIpc) is 1.97. The molecule has 0 saturated heterocycles. The summed E-state index contributed by atoms with van der Waals surface area (Å²) in [4.78, 5) is 21.0. The maximum atomic E-state index is 10.6. The highest BCUT2D eigenvalue weighted by Gasteiger charge is 2.20. The van der Waals surface area contributed by atoms with E-state index in [1.54, 1.807) is 13.8 Å². The molecule has 0 bridgehead atoms. The number of carboxylic acids is 1. The number of carbonyl (C=O) groups is 2. The van der Waals surface area contributed by atoms with E-state index in [9.17, 15) is 9.59 Å². The highest BCUT2D eigenvalue weighted by atomic mass is 16.4. The van der Waals surface area contributed by atoms with E-state index in [4.69, 9.17) is 10.8 Å². The highest BCUT2D eigenvalue weighted by molar-refractivity contribution is 5.86. The molecule has 14 heavy (non-hydrogen) atoms. The molecule has 0 aliphatic rings. The summed E-state index contributed by atoms with van der Waals surface area (Å²) in [5.74, 6) is -1.48. The Balaban J connectivity index is 4.05. The summed E-state index contributed by atoms with van der Waals surface area (Å²) in [6.45, 7) is 7.03. The average molecular weight is 200 g/mol. The third kappa shape index (κ3) is 5.31. The minimum Gasteiger partial charge on any atom is -0.478 e. The minimum atomic E-state index is -1.05. The summed E-state index contributed by atoms with van der Waals surface area (Å²) < 4.78 is 0. The number of amides is 1. The van der Waals surface area contributed by atoms with Crippen LogP contribution in [0.15, 0.2) is 12.2 Å². The molecule has 80 valence electrons. The first-order valence-electron chi connectivity index (χ1n) is 4.19. The van der Waals surface area contributed by atoms with Gasteiger partial charge in [-0.05, 0) is 13.8 Å². The first kappa shape index (κ1) is 12.6. The summed E-state index contributed by atoms with van der Waals surface area (Å²) in [5, 5.41) is 11.4. The second kappa shape index (κ2) is 4.76. The molecule has 0 aliphatic heterocycles. The molecule has 0 rings (SSSR count). The van der Waals surface area contributed by atoms with Crippen molar-refractivity contribution in [1.82, 2.24) is 5.32 Å². The lowest BCUT2D eigenvalue weighted by Crippen LogP contribution is -2.44. The lowest BCUT2D eigenvalue weighted by atomic mass is 10.00. The van der Waals surface area contributed by atoms with E-state index in [1.165, 1.54) is 0 Å². The van der Waals surface area contributed by atoms with E-state index in [0.717, 1.165) is 0 Å². The molecule has 5 nitrogen and oxygen atoms in total. The second-order valence-corrected chi connectivity index (χ2v) is 3.79. The van der Waals surface area contributed by atoms with Gasteiger partial charge in [-0.3, -0.25) is 4.79 Å². The maximum Gasteiger partial charge on any atom is 0.332 e. The van der Waals surface area contributed by atoms with Gasteiger partial charge in [-0.25, -0.2) is 4.79 Å². The Morgan fingerprint density at radius 3 is 2.36 bits per heavy atom. The van der Waals surface area contributed by atoms with E-state index < -0.39 is 17.4 Å². The second-order valence-electron chi connectivity index (χ2n) is 3.79. The van der Waals surface area contributed by atoms with Gasteiger partial charge in [0.05, 0.1) is 0 Å². The van der Waals surface area contributed by atoms with Crippen LogP contribution in [0.4, 0.5) is 0 Å². The molecule has 4 N–H and O–H groups in total. The van der Waals surface area contributed by atoms with Crippen molar-refractivity contribution in [3.8, 4) is 0 Å². The van der Waals surface area contributed by atoms with Gasteiger partial charge >= 0.3 is 5.97 Å². The van der Waals surface area contributed by atoms with Crippen LogP contribution in [-0.2, 0) is 9.59 Å². The van der Waals surface area contributed by atoms with Crippen LogP contribution in [0.1, 0.15) is 20.3 Å². The Labute approximate surface area is 83.0 Å². The minimum absolute atomic E-state index is 0.0579. The fraction of sp³-hybridized carbons (Fsp3) is 0.556. The molecule has 0 saturated carbocycles. The van der Waals surface area contributed by atoms with Crippen LogP contribution in [0.5, 0.6) is 0 Å². The molecule has 0 heterocycles. The van der Waals surface area contributed by atoms with Gasteiger partial charge in [0, 0.05) is 24.1 Å². The van der Waals surface area contributed by atoms with Gasteiger partial charge in [0.25, 0.3) is 0 Å². The summed E-state index contributed by atoms with van der Waals surface area (Å²) in [5.41, 5.74) is 4.58. The molecule has 0 spiro atoms. The van der Waals surface area contributed by atoms with Crippen LogP contribution < -0.4 is 11.1 Å². The topological polar surface area (TPSA) is 92.4 Å². The SMILES string of the molecule is C=C(CNC(C)(C)CC(N)=O)C(=O)O. The van der Waals surface area contributed by atoms with Crippen molar-refractivity contribution in [2.45, 2.75) is 25.8 Å². The van der Waals surface area contributed by atoms with Gasteiger partial charge in [0.1, 0.15) is 0 Å². The summed E-state index contributed by atoms with van der Waals surface area (Å²) >= 11 is 0. The quantitative estimate of drug-likeness (QED) is 0.521. The van der Waals surface area contributed by atoms with Crippen LogP contribution in [0, 0.1) is 0 Å². The zero-order valence-electron chi connectivity index (χ0n) is 8.46. The van der Waals surface area contributed by atoms with Gasteiger partial charge in [-0.1, -0.05) is 6.58 Å². The lowest BCUT2D eigenvalue weighted by molar-refractivity contribution is -0.132. The number of hydrogen-bond donors (Lipinski definition) is 3. The van der Waals surface area contributed by atoms with Crippen molar-refractivity contribution in [2.75, 3.05) is 6.54 Å². The Kier molecular flexibility index (Phi) is 4.30. The van der Waals surface area contributed by atoms with Gasteiger partial charge in [-0.15, -0.1) is 0 Å². The molecule has 5 heteroatoms. The fourth-order valence-electron chi connectivity index (χ4n) is 0.920. The van der Waals surface area contributed by atoms with Crippen molar-refractivity contribution < 1.29 is 14.7 Å².